The van der Waals surface area contributed by atoms with E-state index < -0.39 is 0 Å². The summed E-state index contributed by atoms with van der Waals surface area (Å²) in [4.78, 5) is 17.0. The maximum absolute atomic E-state index is 12.4. The molecule has 3 heterocycles. The van der Waals surface area contributed by atoms with Crippen molar-refractivity contribution in [3.8, 4) is 0 Å². The first-order valence-electron chi connectivity index (χ1n) is 10.1. The number of carbonyl (C=O) groups excluding carboxylic acids is 1. The van der Waals surface area contributed by atoms with Gasteiger partial charge in [-0.2, -0.15) is 4.98 Å². The van der Waals surface area contributed by atoms with E-state index in [-0.39, 0.29) is 24.4 Å². The Morgan fingerprint density at radius 2 is 1.88 bits per heavy atom. The second-order valence-corrected chi connectivity index (χ2v) is 8.29. The summed E-state index contributed by atoms with van der Waals surface area (Å²) in [5, 5.41) is 10.8. The number of hydrogen-bond donors (Lipinski definition) is 2. The van der Waals surface area contributed by atoms with Gasteiger partial charge in [-0.15, -0.1) is 12.4 Å². The number of halogens is 1. The lowest BCUT2D eigenvalue weighted by Gasteiger charge is -2.28. The zero-order valence-corrected chi connectivity index (χ0v) is 16.4. The Kier molecular flexibility index (Phi) is 6.56. The van der Waals surface area contributed by atoms with Crippen LogP contribution < -0.4 is 10.6 Å². The minimum Gasteiger partial charge on any atom is -0.345 e. The number of nitrogens with zero attached hydrogens (tertiary/aromatic N) is 2. The zero-order valence-electron chi connectivity index (χ0n) is 15.6. The molecule has 2 aliphatic heterocycles. The molecule has 1 amide bonds. The molecule has 26 heavy (non-hydrogen) atoms. The number of carbonyl (C=O) groups is 1. The summed E-state index contributed by atoms with van der Waals surface area (Å²) < 4.78 is 5.43. The Morgan fingerprint density at radius 1 is 1.19 bits per heavy atom. The van der Waals surface area contributed by atoms with Crippen LogP contribution in [0.2, 0.25) is 0 Å². The Hall–Kier alpha value is -1.14. The van der Waals surface area contributed by atoms with Crippen LogP contribution in [-0.2, 0) is 4.79 Å². The average Bonchev–Trinajstić information content (AvgIpc) is 3.22. The van der Waals surface area contributed by atoms with Crippen molar-refractivity contribution in [2.24, 2.45) is 5.92 Å². The van der Waals surface area contributed by atoms with Crippen molar-refractivity contribution in [2.75, 3.05) is 0 Å². The minimum absolute atomic E-state index is 0. The van der Waals surface area contributed by atoms with Crippen molar-refractivity contribution < 1.29 is 9.32 Å². The lowest BCUT2D eigenvalue weighted by atomic mass is 9.89. The van der Waals surface area contributed by atoms with Crippen LogP contribution in [0, 0.1) is 5.92 Å². The van der Waals surface area contributed by atoms with Gasteiger partial charge in [0.15, 0.2) is 5.82 Å². The topological polar surface area (TPSA) is 80.0 Å². The molecule has 7 heteroatoms. The largest absolute Gasteiger partial charge is 0.345 e. The minimum atomic E-state index is -0.212. The van der Waals surface area contributed by atoms with E-state index in [9.17, 15) is 4.79 Å². The van der Waals surface area contributed by atoms with Crippen molar-refractivity contribution >= 4 is 18.3 Å². The monoisotopic (exact) mass is 382 g/mol. The van der Waals surface area contributed by atoms with Gasteiger partial charge in [0.2, 0.25) is 11.8 Å². The molecule has 0 aromatic carbocycles. The lowest BCUT2D eigenvalue weighted by molar-refractivity contribution is -0.123. The molecule has 2 saturated heterocycles. The Labute approximate surface area is 161 Å². The molecular formula is C19H31ClN4O2. The molecular weight excluding hydrogens is 352 g/mol. The van der Waals surface area contributed by atoms with Crippen molar-refractivity contribution in [3.05, 3.63) is 11.7 Å². The number of nitrogens with one attached hydrogen (secondary N) is 2. The first-order chi connectivity index (χ1) is 12.2. The van der Waals surface area contributed by atoms with Crippen LogP contribution in [0.1, 0.15) is 94.8 Å². The summed E-state index contributed by atoms with van der Waals surface area (Å²) in [6, 6.07) is 1.04. The van der Waals surface area contributed by atoms with Gasteiger partial charge in [0, 0.05) is 24.4 Å². The SMILES string of the molecule is CC(NC(=O)CC1CC2CCC(C1)N2)c1nc(C2CCCCC2)no1.Cl. The van der Waals surface area contributed by atoms with E-state index in [0.29, 0.717) is 36.2 Å². The number of piperidine rings is 1. The van der Waals surface area contributed by atoms with Gasteiger partial charge < -0.3 is 15.2 Å². The molecule has 3 fully saturated rings. The fourth-order valence-corrected chi connectivity index (χ4v) is 4.92. The number of hydrogen-bond acceptors (Lipinski definition) is 5. The summed E-state index contributed by atoms with van der Waals surface area (Å²) in [5.41, 5.74) is 0. The van der Waals surface area contributed by atoms with E-state index in [1.807, 2.05) is 6.92 Å². The van der Waals surface area contributed by atoms with Crippen LogP contribution in [0.15, 0.2) is 4.52 Å². The smallest absolute Gasteiger partial charge is 0.248 e. The van der Waals surface area contributed by atoms with Crippen molar-refractivity contribution in [1.82, 2.24) is 20.8 Å². The van der Waals surface area contributed by atoms with Crippen LogP contribution >= 0.6 is 12.4 Å². The van der Waals surface area contributed by atoms with Gasteiger partial charge >= 0.3 is 0 Å². The molecule has 2 bridgehead atoms. The third-order valence-corrected chi connectivity index (χ3v) is 6.22. The molecule has 1 aromatic heterocycles. The lowest BCUT2D eigenvalue weighted by Crippen LogP contribution is -2.40. The summed E-state index contributed by atoms with van der Waals surface area (Å²) in [6.45, 7) is 1.93. The quantitative estimate of drug-likeness (QED) is 0.812. The van der Waals surface area contributed by atoms with E-state index in [0.717, 1.165) is 31.5 Å². The molecule has 3 atom stereocenters. The normalized spacial score (nSPS) is 29.8. The summed E-state index contributed by atoms with van der Waals surface area (Å²) in [7, 11) is 0. The standard InChI is InChI=1S/C19H30N4O2.ClH/c1-12(19-22-18(23-25-19)14-5-3-2-4-6-14)20-17(24)11-13-9-15-7-8-16(10-13)21-15;/h12-16,21H,2-11H2,1H3,(H,20,24);1H. The Bertz CT molecular complexity index is 590. The zero-order chi connectivity index (χ0) is 17.2. The van der Waals surface area contributed by atoms with Gasteiger partial charge in [-0.1, -0.05) is 24.4 Å². The predicted molar refractivity (Wildman–Crippen MR) is 101 cm³/mol. The molecule has 4 rings (SSSR count). The van der Waals surface area contributed by atoms with Crippen molar-refractivity contribution in [2.45, 2.75) is 95.2 Å². The molecule has 3 unspecified atom stereocenters. The molecule has 146 valence electrons. The second-order valence-electron chi connectivity index (χ2n) is 8.29. The van der Waals surface area contributed by atoms with E-state index >= 15 is 0 Å². The van der Waals surface area contributed by atoms with E-state index in [1.54, 1.807) is 0 Å². The first-order valence-corrected chi connectivity index (χ1v) is 10.1. The fraction of sp³-hybridized carbons (Fsp3) is 0.842. The average molecular weight is 383 g/mol. The van der Waals surface area contributed by atoms with Crippen LogP contribution in [-0.4, -0.2) is 28.1 Å². The second kappa shape index (κ2) is 8.70. The molecule has 6 nitrogen and oxygen atoms in total. The molecule has 0 spiro atoms. The van der Waals surface area contributed by atoms with Crippen LogP contribution in [0.3, 0.4) is 0 Å². The van der Waals surface area contributed by atoms with Crippen LogP contribution in [0.5, 0.6) is 0 Å². The van der Waals surface area contributed by atoms with Gasteiger partial charge in [0.25, 0.3) is 0 Å². The Morgan fingerprint density at radius 3 is 2.58 bits per heavy atom. The highest BCUT2D eigenvalue weighted by molar-refractivity contribution is 5.85. The highest BCUT2D eigenvalue weighted by atomic mass is 35.5. The Balaban J connectivity index is 0.00000196. The summed E-state index contributed by atoms with van der Waals surface area (Å²) >= 11 is 0. The molecule has 3 aliphatic rings. The van der Waals surface area contributed by atoms with Crippen molar-refractivity contribution in [1.29, 1.82) is 0 Å². The highest BCUT2D eigenvalue weighted by Crippen LogP contribution is 2.33. The maximum atomic E-state index is 12.4. The summed E-state index contributed by atoms with van der Waals surface area (Å²) in [6.07, 6.45) is 11.5. The molecule has 0 radical (unpaired) electrons. The van der Waals surface area contributed by atoms with Gasteiger partial charge in [-0.05, 0) is 51.4 Å². The van der Waals surface area contributed by atoms with Crippen LogP contribution in [0.25, 0.3) is 0 Å². The number of aromatic nitrogens is 2. The third kappa shape index (κ3) is 4.58. The molecule has 1 aliphatic carbocycles. The first kappa shape index (κ1) is 19.6. The van der Waals surface area contributed by atoms with Gasteiger partial charge in [-0.25, -0.2) is 0 Å². The van der Waals surface area contributed by atoms with E-state index in [2.05, 4.69) is 20.8 Å². The third-order valence-electron chi connectivity index (χ3n) is 6.22. The number of rotatable bonds is 5. The molecule has 1 saturated carbocycles. The van der Waals surface area contributed by atoms with Gasteiger partial charge in [0.1, 0.15) is 6.04 Å². The van der Waals surface area contributed by atoms with E-state index in [4.69, 9.17) is 4.52 Å². The van der Waals surface area contributed by atoms with Gasteiger partial charge in [0.05, 0.1) is 0 Å². The molecule has 1 aromatic rings. The maximum Gasteiger partial charge on any atom is 0.248 e. The predicted octanol–water partition coefficient (Wildman–Crippen LogP) is 3.64. The number of amides is 1. The number of fused-ring (bicyclic) bond motifs is 2. The van der Waals surface area contributed by atoms with E-state index in [1.165, 1.54) is 32.1 Å². The van der Waals surface area contributed by atoms with Crippen LogP contribution in [0.4, 0.5) is 0 Å². The highest BCUT2D eigenvalue weighted by Gasteiger charge is 2.34. The molecule has 2 N–H and O–H groups in total. The van der Waals surface area contributed by atoms with Crippen molar-refractivity contribution in [3.63, 3.8) is 0 Å². The summed E-state index contributed by atoms with van der Waals surface area (Å²) in [5.74, 6) is 2.41. The fourth-order valence-electron chi connectivity index (χ4n) is 4.92. The van der Waals surface area contributed by atoms with Gasteiger partial charge in [-0.3, -0.25) is 4.79 Å².